The SMILES string of the molecule is Cc1cccc(C(=O)Nc2ccc(Cl)c(C#N)c2)c1Br. The Balaban J connectivity index is 2.29. The van der Waals surface area contributed by atoms with Crippen LogP contribution in [-0.2, 0) is 0 Å². The predicted octanol–water partition coefficient (Wildman–Crippen LogP) is 4.53. The molecular weight excluding hydrogens is 340 g/mol. The first kappa shape index (κ1) is 14.6. The summed E-state index contributed by atoms with van der Waals surface area (Å²) in [6.45, 7) is 1.91. The molecule has 5 heteroatoms. The number of amides is 1. The van der Waals surface area contributed by atoms with E-state index in [-0.39, 0.29) is 5.91 Å². The number of hydrogen-bond donors (Lipinski definition) is 1. The van der Waals surface area contributed by atoms with Gasteiger partial charge in [-0.15, -0.1) is 0 Å². The number of anilines is 1. The molecule has 2 aromatic rings. The van der Waals surface area contributed by atoms with Crippen LogP contribution in [0.2, 0.25) is 5.02 Å². The van der Waals surface area contributed by atoms with E-state index in [1.807, 2.05) is 25.1 Å². The van der Waals surface area contributed by atoms with Crippen molar-refractivity contribution in [3.05, 3.63) is 62.6 Å². The van der Waals surface area contributed by atoms with E-state index < -0.39 is 0 Å². The highest BCUT2D eigenvalue weighted by Crippen LogP contribution is 2.24. The first-order chi connectivity index (χ1) is 9.52. The van der Waals surface area contributed by atoms with Gasteiger partial charge in [-0.3, -0.25) is 4.79 Å². The summed E-state index contributed by atoms with van der Waals surface area (Å²) in [5, 5.41) is 12.0. The zero-order valence-corrected chi connectivity index (χ0v) is 12.9. The molecule has 0 unspecified atom stereocenters. The van der Waals surface area contributed by atoms with E-state index in [0.717, 1.165) is 10.0 Å². The highest BCUT2D eigenvalue weighted by atomic mass is 79.9. The Morgan fingerprint density at radius 3 is 2.80 bits per heavy atom. The van der Waals surface area contributed by atoms with Gasteiger partial charge in [0.25, 0.3) is 5.91 Å². The lowest BCUT2D eigenvalue weighted by molar-refractivity contribution is 0.102. The molecule has 0 radical (unpaired) electrons. The van der Waals surface area contributed by atoms with Crippen LogP contribution in [0.5, 0.6) is 0 Å². The number of halogens is 2. The van der Waals surface area contributed by atoms with E-state index >= 15 is 0 Å². The van der Waals surface area contributed by atoms with Crippen molar-refractivity contribution in [1.29, 1.82) is 5.26 Å². The largest absolute Gasteiger partial charge is 0.322 e. The number of rotatable bonds is 2. The number of nitriles is 1. The molecule has 3 nitrogen and oxygen atoms in total. The first-order valence-corrected chi connectivity index (χ1v) is 6.96. The molecule has 1 N–H and O–H groups in total. The lowest BCUT2D eigenvalue weighted by Crippen LogP contribution is -2.13. The Hall–Kier alpha value is -1.83. The molecule has 0 aliphatic carbocycles. The molecule has 1 amide bonds. The summed E-state index contributed by atoms with van der Waals surface area (Å²) in [6.07, 6.45) is 0. The minimum atomic E-state index is -0.244. The lowest BCUT2D eigenvalue weighted by Gasteiger charge is -2.09. The molecule has 0 fully saturated rings. The topological polar surface area (TPSA) is 52.9 Å². The Bertz CT molecular complexity index is 722. The van der Waals surface area contributed by atoms with Crippen molar-refractivity contribution in [2.75, 3.05) is 5.32 Å². The second kappa shape index (κ2) is 6.08. The van der Waals surface area contributed by atoms with Crippen molar-refractivity contribution < 1.29 is 4.79 Å². The number of benzene rings is 2. The third-order valence-corrected chi connectivity index (χ3v) is 4.16. The average Bonchev–Trinajstić information content (AvgIpc) is 2.43. The maximum absolute atomic E-state index is 12.2. The summed E-state index contributed by atoms with van der Waals surface area (Å²) in [5.41, 5.74) is 2.38. The highest BCUT2D eigenvalue weighted by Gasteiger charge is 2.12. The van der Waals surface area contributed by atoms with Crippen LogP contribution in [0.25, 0.3) is 0 Å². The summed E-state index contributed by atoms with van der Waals surface area (Å²) in [5.74, 6) is -0.244. The van der Waals surface area contributed by atoms with Crippen LogP contribution < -0.4 is 5.32 Å². The van der Waals surface area contributed by atoms with Gasteiger partial charge in [0.15, 0.2) is 0 Å². The molecule has 0 saturated heterocycles. The number of carbonyl (C=O) groups is 1. The third kappa shape index (κ3) is 3.01. The monoisotopic (exact) mass is 348 g/mol. The van der Waals surface area contributed by atoms with Crippen molar-refractivity contribution in [2.45, 2.75) is 6.92 Å². The van der Waals surface area contributed by atoms with Crippen LogP contribution >= 0.6 is 27.5 Å². The van der Waals surface area contributed by atoms with Gasteiger partial charge >= 0.3 is 0 Å². The molecule has 0 saturated carbocycles. The Kier molecular flexibility index (Phi) is 4.43. The van der Waals surface area contributed by atoms with Crippen LogP contribution in [0.15, 0.2) is 40.9 Å². The van der Waals surface area contributed by atoms with Gasteiger partial charge in [0.1, 0.15) is 6.07 Å². The van der Waals surface area contributed by atoms with Gasteiger partial charge in [0, 0.05) is 10.2 Å². The van der Waals surface area contributed by atoms with Gasteiger partial charge < -0.3 is 5.32 Å². The van der Waals surface area contributed by atoms with Crippen molar-refractivity contribution in [2.24, 2.45) is 0 Å². The Morgan fingerprint density at radius 1 is 1.35 bits per heavy atom. The Morgan fingerprint density at radius 2 is 2.10 bits per heavy atom. The molecular formula is C15H10BrClN2O. The van der Waals surface area contributed by atoms with Gasteiger partial charge in [-0.25, -0.2) is 0 Å². The minimum Gasteiger partial charge on any atom is -0.322 e. The van der Waals surface area contributed by atoms with Gasteiger partial charge in [-0.1, -0.05) is 23.7 Å². The van der Waals surface area contributed by atoms with Crippen molar-refractivity contribution in [3.63, 3.8) is 0 Å². The second-order valence-electron chi connectivity index (χ2n) is 4.20. The van der Waals surface area contributed by atoms with Crippen molar-refractivity contribution in [1.82, 2.24) is 0 Å². The molecule has 2 rings (SSSR count). The summed E-state index contributed by atoms with van der Waals surface area (Å²) < 4.78 is 0.756. The van der Waals surface area contributed by atoms with E-state index in [9.17, 15) is 4.79 Å². The normalized spacial score (nSPS) is 9.90. The molecule has 2 aromatic carbocycles. The minimum absolute atomic E-state index is 0.244. The predicted molar refractivity (Wildman–Crippen MR) is 83.0 cm³/mol. The third-order valence-electron chi connectivity index (χ3n) is 2.78. The number of aryl methyl sites for hydroxylation is 1. The summed E-state index contributed by atoms with van der Waals surface area (Å²) in [7, 11) is 0. The van der Waals surface area contributed by atoms with E-state index in [2.05, 4.69) is 21.2 Å². The molecule has 0 spiro atoms. The van der Waals surface area contributed by atoms with Crippen LogP contribution in [0.4, 0.5) is 5.69 Å². The number of hydrogen-bond acceptors (Lipinski definition) is 2. The summed E-state index contributed by atoms with van der Waals surface area (Å²) in [6, 6.07) is 12.2. The summed E-state index contributed by atoms with van der Waals surface area (Å²) in [4.78, 5) is 12.2. The fourth-order valence-electron chi connectivity index (χ4n) is 1.71. The number of carbonyl (C=O) groups excluding carboxylic acids is 1. The summed E-state index contributed by atoms with van der Waals surface area (Å²) >= 11 is 9.25. The zero-order valence-electron chi connectivity index (χ0n) is 10.6. The van der Waals surface area contributed by atoms with Crippen LogP contribution in [0.1, 0.15) is 21.5 Å². The van der Waals surface area contributed by atoms with Crippen LogP contribution in [-0.4, -0.2) is 5.91 Å². The molecule has 0 atom stereocenters. The average molecular weight is 350 g/mol. The molecule has 20 heavy (non-hydrogen) atoms. The molecule has 100 valence electrons. The standard InChI is InChI=1S/C15H10BrClN2O/c1-9-3-2-4-12(14(9)16)15(20)19-11-5-6-13(17)10(7-11)8-18/h2-7H,1H3,(H,19,20). The van der Waals surface area contributed by atoms with E-state index in [1.165, 1.54) is 0 Å². The highest BCUT2D eigenvalue weighted by molar-refractivity contribution is 9.10. The van der Waals surface area contributed by atoms with Crippen molar-refractivity contribution in [3.8, 4) is 6.07 Å². The smallest absolute Gasteiger partial charge is 0.256 e. The zero-order chi connectivity index (χ0) is 14.7. The first-order valence-electron chi connectivity index (χ1n) is 5.79. The van der Waals surface area contributed by atoms with Crippen LogP contribution in [0.3, 0.4) is 0 Å². The van der Waals surface area contributed by atoms with E-state index in [0.29, 0.717) is 21.8 Å². The van der Waals surface area contributed by atoms with E-state index in [1.54, 1.807) is 24.3 Å². The fraction of sp³-hybridized carbons (Fsp3) is 0.0667. The Labute approximate surface area is 130 Å². The molecule has 0 aliphatic rings. The molecule has 0 aromatic heterocycles. The maximum Gasteiger partial charge on any atom is 0.256 e. The molecule has 0 heterocycles. The quantitative estimate of drug-likeness (QED) is 0.865. The second-order valence-corrected chi connectivity index (χ2v) is 5.40. The van der Waals surface area contributed by atoms with Gasteiger partial charge in [-0.05, 0) is 52.7 Å². The lowest BCUT2D eigenvalue weighted by atomic mass is 10.1. The fourth-order valence-corrected chi connectivity index (χ4v) is 2.31. The van der Waals surface area contributed by atoms with E-state index in [4.69, 9.17) is 16.9 Å². The molecule has 0 aliphatic heterocycles. The van der Waals surface area contributed by atoms with Gasteiger partial charge in [0.2, 0.25) is 0 Å². The number of nitrogens with zero attached hydrogens (tertiary/aromatic N) is 1. The number of nitrogens with one attached hydrogen (secondary N) is 1. The molecule has 0 bridgehead atoms. The van der Waals surface area contributed by atoms with Gasteiger partial charge in [-0.2, -0.15) is 5.26 Å². The maximum atomic E-state index is 12.2. The van der Waals surface area contributed by atoms with Crippen molar-refractivity contribution >= 4 is 39.1 Å². The van der Waals surface area contributed by atoms with Gasteiger partial charge in [0.05, 0.1) is 16.1 Å². The van der Waals surface area contributed by atoms with Crippen LogP contribution in [0, 0.1) is 18.3 Å².